The van der Waals surface area contributed by atoms with Gasteiger partial charge in [-0.1, -0.05) is 0 Å². The number of nitrogen functional groups attached to an aromatic ring is 1. The Bertz CT molecular complexity index is 989. The van der Waals surface area contributed by atoms with E-state index >= 15 is 0 Å². The SMILES string of the molecule is Nc1ncnc2c1ncn2[C@@H]1OC2=C[C@](C(=O)O)([C@@H](O)C(=O)O)O[C@H]2[C@@H]1O. The molecular formula is C14H13N5O8. The molecule has 2 aliphatic rings. The maximum atomic E-state index is 11.6. The van der Waals surface area contributed by atoms with Crippen LogP contribution in [0.15, 0.2) is 24.5 Å². The standard InChI is InChI=1S/C14H13N5O8/c15-9-5-10(17-2-16-9)19(3-18-5)11-6(20)7-4(26-11)1-14(27-7,13(24)25)8(21)12(22)23/h1-3,6-8,11,20-21H,(H,22,23)(H,24,25)(H2,15,16,17)/t6-,7+,8-,11+,14+/m0/s1. The molecule has 2 aromatic rings. The lowest BCUT2D eigenvalue weighted by molar-refractivity contribution is -0.190. The van der Waals surface area contributed by atoms with Crippen molar-refractivity contribution in [3.63, 3.8) is 0 Å². The third-order valence-electron chi connectivity index (χ3n) is 4.45. The first-order valence-electron chi connectivity index (χ1n) is 7.59. The van der Waals surface area contributed by atoms with Crippen molar-refractivity contribution < 1.29 is 39.5 Å². The number of nitrogens with zero attached hydrogens (tertiary/aromatic N) is 4. The number of carboxylic acid groups (broad SMARTS) is 2. The smallest absolute Gasteiger partial charge is 0.343 e. The van der Waals surface area contributed by atoms with Crippen LogP contribution < -0.4 is 5.73 Å². The Morgan fingerprint density at radius 1 is 1.30 bits per heavy atom. The normalized spacial score (nSPS) is 30.6. The Morgan fingerprint density at radius 2 is 2.04 bits per heavy atom. The Hall–Kier alpha value is -3.29. The fourth-order valence-corrected chi connectivity index (χ4v) is 3.13. The van der Waals surface area contributed by atoms with Crippen LogP contribution in [-0.2, 0) is 19.1 Å². The van der Waals surface area contributed by atoms with Crippen molar-refractivity contribution in [2.45, 2.75) is 30.1 Å². The summed E-state index contributed by atoms with van der Waals surface area (Å²) in [4.78, 5) is 34.5. The second-order valence-electron chi connectivity index (χ2n) is 6.01. The molecular weight excluding hydrogens is 366 g/mol. The van der Waals surface area contributed by atoms with Crippen LogP contribution in [0.4, 0.5) is 5.82 Å². The number of aliphatic hydroxyl groups excluding tert-OH is 2. The number of ether oxygens (including phenoxy) is 2. The van der Waals surface area contributed by atoms with Crippen LogP contribution in [0.25, 0.3) is 11.2 Å². The monoisotopic (exact) mass is 379 g/mol. The van der Waals surface area contributed by atoms with E-state index in [2.05, 4.69) is 15.0 Å². The van der Waals surface area contributed by atoms with Gasteiger partial charge in [0.05, 0.1) is 0 Å². The lowest BCUT2D eigenvalue weighted by Crippen LogP contribution is -2.54. The van der Waals surface area contributed by atoms with Gasteiger partial charge in [-0.15, -0.1) is 0 Å². The number of aliphatic hydroxyl groups is 2. The van der Waals surface area contributed by atoms with Crippen molar-refractivity contribution in [2.24, 2.45) is 0 Å². The number of fused-ring (bicyclic) bond motifs is 2. The second-order valence-corrected chi connectivity index (χ2v) is 6.01. The van der Waals surface area contributed by atoms with Gasteiger partial charge in [0.15, 0.2) is 17.6 Å². The molecule has 5 atom stereocenters. The Kier molecular flexibility index (Phi) is 3.56. The fraction of sp³-hybridized carbons (Fsp3) is 0.357. The van der Waals surface area contributed by atoms with Crippen molar-refractivity contribution in [3.05, 3.63) is 24.5 Å². The molecule has 0 bridgehead atoms. The number of anilines is 1. The molecule has 13 heteroatoms. The molecule has 2 aromatic heterocycles. The molecule has 2 aliphatic heterocycles. The predicted octanol–water partition coefficient (Wildman–Crippen LogP) is -2.15. The van der Waals surface area contributed by atoms with Gasteiger partial charge in [-0.3, -0.25) is 4.57 Å². The van der Waals surface area contributed by atoms with Crippen LogP contribution in [0.5, 0.6) is 0 Å². The van der Waals surface area contributed by atoms with Crippen LogP contribution in [0.1, 0.15) is 6.23 Å². The van der Waals surface area contributed by atoms with Gasteiger partial charge >= 0.3 is 11.9 Å². The van der Waals surface area contributed by atoms with Crippen molar-refractivity contribution >= 4 is 28.9 Å². The van der Waals surface area contributed by atoms with Crippen molar-refractivity contribution in [1.82, 2.24) is 19.5 Å². The molecule has 0 amide bonds. The molecule has 13 nitrogen and oxygen atoms in total. The number of aromatic nitrogens is 4. The highest BCUT2D eigenvalue weighted by atomic mass is 16.6. The molecule has 1 saturated heterocycles. The summed E-state index contributed by atoms with van der Waals surface area (Å²) in [5, 5.41) is 38.7. The minimum atomic E-state index is -2.58. The summed E-state index contributed by atoms with van der Waals surface area (Å²) in [5.41, 5.74) is 3.67. The van der Waals surface area contributed by atoms with E-state index in [1.165, 1.54) is 17.2 Å². The number of nitrogens with two attached hydrogens (primary N) is 1. The van der Waals surface area contributed by atoms with E-state index < -0.39 is 42.1 Å². The second kappa shape index (κ2) is 5.60. The molecule has 27 heavy (non-hydrogen) atoms. The Morgan fingerprint density at radius 3 is 2.67 bits per heavy atom. The van der Waals surface area contributed by atoms with E-state index in [1.807, 2.05) is 0 Å². The molecule has 4 heterocycles. The van der Waals surface area contributed by atoms with Gasteiger partial charge in [0, 0.05) is 6.08 Å². The molecule has 0 unspecified atom stereocenters. The molecule has 0 aromatic carbocycles. The molecule has 0 spiro atoms. The zero-order valence-electron chi connectivity index (χ0n) is 13.3. The summed E-state index contributed by atoms with van der Waals surface area (Å²) in [6.07, 6.45) is -2.89. The number of hydrogen-bond acceptors (Lipinski definition) is 10. The van der Waals surface area contributed by atoms with Crippen LogP contribution in [0, 0.1) is 0 Å². The number of rotatable bonds is 4. The van der Waals surface area contributed by atoms with Crippen molar-refractivity contribution in [1.29, 1.82) is 0 Å². The maximum Gasteiger partial charge on any atom is 0.343 e. The van der Waals surface area contributed by atoms with Crippen LogP contribution >= 0.6 is 0 Å². The van der Waals surface area contributed by atoms with Gasteiger partial charge in [0.25, 0.3) is 0 Å². The predicted molar refractivity (Wildman–Crippen MR) is 82.8 cm³/mol. The first-order chi connectivity index (χ1) is 12.8. The third-order valence-corrected chi connectivity index (χ3v) is 4.45. The van der Waals surface area contributed by atoms with Gasteiger partial charge in [0.1, 0.15) is 36.1 Å². The van der Waals surface area contributed by atoms with Crippen molar-refractivity contribution in [3.8, 4) is 0 Å². The first-order valence-corrected chi connectivity index (χ1v) is 7.59. The van der Waals surface area contributed by atoms with E-state index in [4.69, 9.17) is 20.3 Å². The fourth-order valence-electron chi connectivity index (χ4n) is 3.13. The van der Waals surface area contributed by atoms with Crippen LogP contribution in [0.3, 0.4) is 0 Å². The van der Waals surface area contributed by atoms with Crippen LogP contribution in [-0.4, -0.2) is 75.8 Å². The summed E-state index contributed by atoms with van der Waals surface area (Å²) in [7, 11) is 0. The van der Waals surface area contributed by atoms with Crippen LogP contribution in [0.2, 0.25) is 0 Å². The van der Waals surface area contributed by atoms with Crippen molar-refractivity contribution in [2.75, 3.05) is 5.73 Å². The van der Waals surface area contributed by atoms with E-state index in [0.717, 1.165) is 6.08 Å². The largest absolute Gasteiger partial charge is 0.479 e. The number of hydrogen-bond donors (Lipinski definition) is 5. The summed E-state index contributed by atoms with van der Waals surface area (Å²) >= 11 is 0. The number of carboxylic acids is 2. The highest BCUT2D eigenvalue weighted by Gasteiger charge is 2.60. The Labute approximate surface area is 149 Å². The number of aliphatic carboxylic acids is 2. The lowest BCUT2D eigenvalue weighted by atomic mass is 9.97. The minimum absolute atomic E-state index is 0.122. The van der Waals surface area contributed by atoms with Gasteiger partial charge in [0.2, 0.25) is 11.8 Å². The average Bonchev–Trinajstić information content (AvgIpc) is 3.28. The average molecular weight is 379 g/mol. The zero-order chi connectivity index (χ0) is 19.5. The summed E-state index contributed by atoms with van der Waals surface area (Å²) in [6, 6.07) is 0. The molecule has 0 radical (unpaired) electrons. The topological polar surface area (TPSA) is 203 Å². The molecule has 0 saturated carbocycles. The molecule has 142 valence electrons. The number of carbonyl (C=O) groups is 2. The quantitative estimate of drug-likeness (QED) is 0.386. The van der Waals surface area contributed by atoms with E-state index in [9.17, 15) is 24.9 Å². The van der Waals surface area contributed by atoms with E-state index in [1.54, 1.807) is 0 Å². The van der Waals surface area contributed by atoms with Gasteiger partial charge in [-0.2, -0.15) is 0 Å². The molecule has 4 rings (SSSR count). The lowest BCUT2D eigenvalue weighted by Gasteiger charge is -2.28. The number of imidazole rings is 1. The Balaban J connectivity index is 1.72. The minimum Gasteiger partial charge on any atom is -0.479 e. The van der Waals surface area contributed by atoms with E-state index in [0.29, 0.717) is 0 Å². The molecule has 6 N–H and O–H groups in total. The van der Waals surface area contributed by atoms with E-state index in [-0.39, 0.29) is 22.7 Å². The molecule has 0 aliphatic carbocycles. The van der Waals surface area contributed by atoms with Gasteiger partial charge in [-0.05, 0) is 0 Å². The van der Waals surface area contributed by atoms with Gasteiger partial charge < -0.3 is 35.6 Å². The first kappa shape index (κ1) is 17.1. The third kappa shape index (κ3) is 2.26. The van der Waals surface area contributed by atoms with Gasteiger partial charge in [-0.25, -0.2) is 24.5 Å². The highest BCUT2D eigenvalue weighted by Crippen LogP contribution is 2.44. The zero-order valence-corrected chi connectivity index (χ0v) is 13.3. The summed E-state index contributed by atoms with van der Waals surface area (Å²) < 4.78 is 12.2. The summed E-state index contributed by atoms with van der Waals surface area (Å²) in [6.45, 7) is 0. The maximum absolute atomic E-state index is 11.6. The summed E-state index contributed by atoms with van der Waals surface area (Å²) in [5.74, 6) is -3.54. The highest BCUT2D eigenvalue weighted by molar-refractivity contribution is 5.90. The molecule has 1 fully saturated rings.